The van der Waals surface area contributed by atoms with E-state index < -0.39 is 0 Å². The fourth-order valence-electron chi connectivity index (χ4n) is 6.74. The predicted octanol–water partition coefficient (Wildman–Crippen LogP) is 10.9. The molecular weight excluding hydrogens is 592 g/mol. The maximum absolute atomic E-state index is 6.44. The van der Waals surface area contributed by atoms with Crippen molar-refractivity contribution in [3.63, 3.8) is 0 Å². The molecule has 0 aliphatic rings. The molecule has 4 aromatic heterocycles. The van der Waals surface area contributed by atoms with Crippen LogP contribution in [0.2, 0.25) is 0 Å². The minimum Gasteiger partial charge on any atom is -0.456 e. The van der Waals surface area contributed by atoms with E-state index in [0.717, 1.165) is 66.1 Å². The van der Waals surface area contributed by atoms with Crippen molar-refractivity contribution in [3.8, 4) is 45.3 Å². The molecule has 0 radical (unpaired) electrons. The van der Waals surface area contributed by atoms with Gasteiger partial charge in [-0.3, -0.25) is 4.98 Å². The normalized spacial score (nSPS) is 11.8. The second kappa shape index (κ2) is 10.4. The molecule has 0 atom stereocenters. The number of nitrogens with zero attached hydrogens (tertiary/aromatic N) is 4. The average Bonchev–Trinajstić information content (AvgIpc) is 3.73. The number of hydrogen-bond acceptors (Lipinski definition) is 6. The molecular formula is C42H24N4O2. The number of aromatic nitrogens is 4. The summed E-state index contributed by atoms with van der Waals surface area (Å²) in [5.74, 6) is 1.64. The molecule has 48 heavy (non-hydrogen) atoms. The van der Waals surface area contributed by atoms with Gasteiger partial charge in [0.15, 0.2) is 23.1 Å². The SMILES string of the molecule is c1ccc(-c2nc(-c3cccc4oc5ccccc5c34)nc(-c3cncc4oc5cc(-c6ccc7ccccc7c6)ccc5c34)n2)cc1. The van der Waals surface area contributed by atoms with E-state index in [4.69, 9.17) is 23.8 Å². The summed E-state index contributed by atoms with van der Waals surface area (Å²) >= 11 is 0. The average molecular weight is 617 g/mol. The van der Waals surface area contributed by atoms with E-state index in [1.54, 1.807) is 6.20 Å². The van der Waals surface area contributed by atoms with Gasteiger partial charge < -0.3 is 8.83 Å². The minimum atomic E-state index is 0.517. The third-order valence-electron chi connectivity index (χ3n) is 9.02. The molecule has 6 nitrogen and oxygen atoms in total. The Hall–Kier alpha value is -6.66. The molecule has 0 saturated carbocycles. The summed E-state index contributed by atoms with van der Waals surface area (Å²) in [5, 5.41) is 6.27. The van der Waals surface area contributed by atoms with Crippen LogP contribution in [0.15, 0.2) is 155 Å². The number of furan rings is 2. The highest BCUT2D eigenvalue weighted by Gasteiger charge is 2.21. The summed E-state index contributed by atoms with van der Waals surface area (Å²) in [5.41, 5.74) is 7.79. The lowest BCUT2D eigenvalue weighted by atomic mass is 9.99. The Bertz CT molecular complexity index is 2850. The van der Waals surface area contributed by atoms with E-state index in [1.165, 1.54) is 10.8 Å². The quantitative estimate of drug-likeness (QED) is 0.196. The van der Waals surface area contributed by atoms with E-state index in [9.17, 15) is 0 Å². The van der Waals surface area contributed by atoms with Gasteiger partial charge in [0, 0.05) is 44.4 Å². The van der Waals surface area contributed by atoms with Crippen molar-refractivity contribution in [2.75, 3.05) is 0 Å². The number of pyridine rings is 1. The van der Waals surface area contributed by atoms with Gasteiger partial charge in [-0.25, -0.2) is 15.0 Å². The largest absolute Gasteiger partial charge is 0.456 e. The van der Waals surface area contributed by atoms with Crippen molar-refractivity contribution in [1.29, 1.82) is 0 Å². The standard InChI is InChI=1S/C42H24N4O2/c1-2-10-26(11-3-1)40-44-41(32-14-8-16-35-38(32)30-13-6-7-15-34(30)47-35)46-42(45-40)33-23-43-24-37-39(33)31-20-19-29(22-36(31)48-37)28-18-17-25-9-4-5-12-27(25)21-28/h1-24H. The van der Waals surface area contributed by atoms with Crippen LogP contribution in [-0.4, -0.2) is 19.9 Å². The van der Waals surface area contributed by atoms with E-state index in [0.29, 0.717) is 23.1 Å². The number of hydrogen-bond donors (Lipinski definition) is 0. The van der Waals surface area contributed by atoms with Crippen LogP contribution in [0.4, 0.5) is 0 Å². The maximum Gasteiger partial charge on any atom is 0.166 e. The second-order valence-electron chi connectivity index (χ2n) is 11.9. The molecule has 0 aliphatic heterocycles. The lowest BCUT2D eigenvalue weighted by Crippen LogP contribution is -2.01. The van der Waals surface area contributed by atoms with Gasteiger partial charge >= 0.3 is 0 Å². The summed E-state index contributed by atoms with van der Waals surface area (Å²) in [7, 11) is 0. The van der Waals surface area contributed by atoms with Gasteiger partial charge in [-0.1, -0.05) is 103 Å². The number of rotatable bonds is 4. The minimum absolute atomic E-state index is 0.517. The zero-order chi connectivity index (χ0) is 31.6. The topological polar surface area (TPSA) is 77.8 Å². The first-order chi connectivity index (χ1) is 23.8. The molecule has 0 aliphatic carbocycles. The molecule has 224 valence electrons. The zero-order valence-corrected chi connectivity index (χ0v) is 25.5. The maximum atomic E-state index is 6.44. The van der Waals surface area contributed by atoms with Crippen LogP contribution in [0.5, 0.6) is 0 Å². The second-order valence-corrected chi connectivity index (χ2v) is 11.9. The Kier molecular flexibility index (Phi) is 5.77. The Labute approximate surface area is 274 Å². The van der Waals surface area contributed by atoms with Crippen LogP contribution >= 0.6 is 0 Å². The zero-order valence-electron chi connectivity index (χ0n) is 25.5. The highest BCUT2D eigenvalue weighted by molar-refractivity contribution is 6.13. The van der Waals surface area contributed by atoms with Crippen molar-refractivity contribution in [3.05, 3.63) is 146 Å². The van der Waals surface area contributed by atoms with Crippen molar-refractivity contribution < 1.29 is 8.83 Å². The molecule has 6 heteroatoms. The first-order valence-electron chi connectivity index (χ1n) is 15.8. The lowest BCUT2D eigenvalue weighted by molar-refractivity contribution is 0.667. The van der Waals surface area contributed by atoms with Gasteiger partial charge in [-0.15, -0.1) is 0 Å². The predicted molar refractivity (Wildman–Crippen MR) is 191 cm³/mol. The molecule has 0 unspecified atom stereocenters. The Morgan fingerprint density at radius 1 is 0.375 bits per heavy atom. The summed E-state index contributed by atoms with van der Waals surface area (Å²) in [6.45, 7) is 0. The fraction of sp³-hybridized carbons (Fsp3) is 0. The van der Waals surface area contributed by atoms with Crippen LogP contribution in [-0.2, 0) is 0 Å². The molecule has 0 bridgehead atoms. The van der Waals surface area contributed by atoms with Crippen molar-refractivity contribution in [2.24, 2.45) is 0 Å². The van der Waals surface area contributed by atoms with Gasteiger partial charge in [0.25, 0.3) is 0 Å². The van der Waals surface area contributed by atoms with Crippen LogP contribution < -0.4 is 0 Å². The first kappa shape index (κ1) is 26.5. The molecule has 0 N–H and O–H groups in total. The molecule has 10 rings (SSSR count). The highest BCUT2D eigenvalue weighted by Crippen LogP contribution is 2.40. The third-order valence-corrected chi connectivity index (χ3v) is 9.02. The highest BCUT2D eigenvalue weighted by atomic mass is 16.3. The van der Waals surface area contributed by atoms with E-state index in [-0.39, 0.29) is 0 Å². The van der Waals surface area contributed by atoms with Gasteiger partial charge in [-0.2, -0.15) is 0 Å². The molecule has 6 aromatic carbocycles. The lowest BCUT2D eigenvalue weighted by Gasteiger charge is -2.10. The van der Waals surface area contributed by atoms with Crippen LogP contribution in [0.1, 0.15) is 0 Å². The fourth-order valence-corrected chi connectivity index (χ4v) is 6.74. The summed E-state index contributed by atoms with van der Waals surface area (Å²) in [4.78, 5) is 19.8. The monoisotopic (exact) mass is 616 g/mol. The number of para-hydroxylation sites is 1. The van der Waals surface area contributed by atoms with Crippen molar-refractivity contribution in [1.82, 2.24) is 19.9 Å². The summed E-state index contributed by atoms with van der Waals surface area (Å²) in [6, 6.07) is 45.3. The van der Waals surface area contributed by atoms with Gasteiger partial charge in [0.1, 0.15) is 16.7 Å². The van der Waals surface area contributed by atoms with Gasteiger partial charge in [0.05, 0.1) is 6.20 Å². The van der Waals surface area contributed by atoms with E-state index in [1.807, 2.05) is 72.9 Å². The van der Waals surface area contributed by atoms with Crippen LogP contribution in [0, 0.1) is 0 Å². The Morgan fingerprint density at radius 2 is 1.04 bits per heavy atom. The van der Waals surface area contributed by atoms with E-state index in [2.05, 4.69) is 71.7 Å². The number of fused-ring (bicyclic) bond motifs is 7. The molecule has 0 saturated heterocycles. The van der Waals surface area contributed by atoms with Crippen LogP contribution in [0.25, 0.3) is 99.9 Å². The van der Waals surface area contributed by atoms with E-state index >= 15 is 0 Å². The summed E-state index contributed by atoms with van der Waals surface area (Å²) < 4.78 is 12.7. The smallest absolute Gasteiger partial charge is 0.166 e. The summed E-state index contributed by atoms with van der Waals surface area (Å²) in [6.07, 6.45) is 3.57. The van der Waals surface area contributed by atoms with Crippen molar-refractivity contribution in [2.45, 2.75) is 0 Å². The van der Waals surface area contributed by atoms with Crippen LogP contribution in [0.3, 0.4) is 0 Å². The third kappa shape index (κ3) is 4.20. The molecule has 10 aromatic rings. The van der Waals surface area contributed by atoms with Gasteiger partial charge in [-0.05, 0) is 52.2 Å². The molecule has 0 spiro atoms. The first-order valence-corrected chi connectivity index (χ1v) is 15.8. The number of benzene rings is 6. The van der Waals surface area contributed by atoms with Gasteiger partial charge in [0.2, 0.25) is 0 Å². The molecule has 0 amide bonds. The Morgan fingerprint density at radius 3 is 1.96 bits per heavy atom. The molecule has 0 fully saturated rings. The Balaban J connectivity index is 1.19. The van der Waals surface area contributed by atoms with Crippen molar-refractivity contribution >= 4 is 54.6 Å². The molecule has 4 heterocycles.